The quantitative estimate of drug-likeness (QED) is 0.526. The van der Waals surface area contributed by atoms with Gasteiger partial charge in [0, 0.05) is 21.7 Å². The lowest BCUT2D eigenvalue weighted by molar-refractivity contribution is -0.119. The van der Waals surface area contributed by atoms with E-state index in [9.17, 15) is 9.59 Å². The second-order valence-corrected chi connectivity index (χ2v) is 8.44. The van der Waals surface area contributed by atoms with Crippen molar-refractivity contribution < 1.29 is 14.3 Å². The van der Waals surface area contributed by atoms with Gasteiger partial charge in [-0.2, -0.15) is 0 Å². The lowest BCUT2D eigenvalue weighted by Crippen LogP contribution is -2.36. The van der Waals surface area contributed by atoms with Crippen molar-refractivity contribution in [1.82, 2.24) is 9.88 Å². The molecule has 0 unspecified atom stereocenters. The van der Waals surface area contributed by atoms with Crippen LogP contribution in [0.1, 0.15) is 5.01 Å². The molecular weight excluding hydrogens is 436 g/mol. The standard InChI is InChI=1S/C22H23ClN4O3S/c1-14-24-19(13-31-14)15-5-4-6-17(9-15)25-21(28)11-27(2)12-22(29)26-18-10-16(23)7-8-20(18)30-3/h4-10,13H,11-12H2,1-3H3,(H,25,28)(H,26,29). The summed E-state index contributed by atoms with van der Waals surface area (Å²) in [5.74, 6) is 0.00680. The first-order chi connectivity index (χ1) is 14.8. The van der Waals surface area contributed by atoms with Crippen LogP contribution in [0.3, 0.4) is 0 Å². The number of aryl methyl sites for hydroxylation is 1. The zero-order valence-corrected chi connectivity index (χ0v) is 19.0. The molecular formula is C22H23ClN4O3S. The number of rotatable bonds is 8. The molecule has 7 nitrogen and oxygen atoms in total. The number of hydrogen-bond donors (Lipinski definition) is 2. The summed E-state index contributed by atoms with van der Waals surface area (Å²) in [6.45, 7) is 2.04. The maximum absolute atomic E-state index is 12.4. The smallest absolute Gasteiger partial charge is 0.238 e. The van der Waals surface area contributed by atoms with Crippen molar-refractivity contribution in [2.75, 3.05) is 37.9 Å². The van der Waals surface area contributed by atoms with Gasteiger partial charge in [-0.3, -0.25) is 14.5 Å². The molecule has 162 valence electrons. The van der Waals surface area contributed by atoms with E-state index in [0.717, 1.165) is 16.3 Å². The van der Waals surface area contributed by atoms with Crippen LogP contribution in [0.4, 0.5) is 11.4 Å². The number of aromatic nitrogens is 1. The van der Waals surface area contributed by atoms with E-state index in [0.29, 0.717) is 22.1 Å². The molecule has 31 heavy (non-hydrogen) atoms. The molecule has 0 fully saturated rings. The van der Waals surface area contributed by atoms with Crippen LogP contribution in [0.5, 0.6) is 5.75 Å². The molecule has 0 aliphatic rings. The largest absolute Gasteiger partial charge is 0.495 e. The van der Waals surface area contributed by atoms with Gasteiger partial charge in [0.15, 0.2) is 0 Å². The number of nitrogens with one attached hydrogen (secondary N) is 2. The minimum absolute atomic E-state index is 0.0290. The highest BCUT2D eigenvalue weighted by Gasteiger charge is 2.14. The Morgan fingerprint density at radius 3 is 2.55 bits per heavy atom. The molecule has 0 bridgehead atoms. The van der Waals surface area contributed by atoms with Crippen LogP contribution >= 0.6 is 22.9 Å². The Labute approximate surface area is 190 Å². The zero-order chi connectivity index (χ0) is 22.4. The number of carbonyl (C=O) groups excluding carboxylic acids is 2. The van der Waals surface area contributed by atoms with Crippen LogP contribution in [-0.4, -0.2) is 48.9 Å². The molecule has 1 heterocycles. The predicted molar refractivity (Wildman–Crippen MR) is 125 cm³/mol. The topological polar surface area (TPSA) is 83.6 Å². The normalized spacial score (nSPS) is 10.7. The molecule has 2 N–H and O–H groups in total. The van der Waals surface area contributed by atoms with Crippen LogP contribution in [0.25, 0.3) is 11.3 Å². The summed E-state index contributed by atoms with van der Waals surface area (Å²) in [4.78, 5) is 30.9. The number of halogens is 1. The minimum Gasteiger partial charge on any atom is -0.495 e. The number of hydrogen-bond acceptors (Lipinski definition) is 6. The Bertz CT molecular complexity index is 1090. The van der Waals surface area contributed by atoms with Gasteiger partial charge in [-0.05, 0) is 44.3 Å². The number of carbonyl (C=O) groups is 2. The lowest BCUT2D eigenvalue weighted by Gasteiger charge is -2.17. The fourth-order valence-electron chi connectivity index (χ4n) is 2.97. The van der Waals surface area contributed by atoms with Gasteiger partial charge in [-0.1, -0.05) is 23.7 Å². The molecule has 0 saturated carbocycles. The van der Waals surface area contributed by atoms with Gasteiger partial charge in [0.25, 0.3) is 0 Å². The number of methoxy groups -OCH3 is 1. The van der Waals surface area contributed by atoms with Gasteiger partial charge in [-0.25, -0.2) is 4.98 Å². The maximum Gasteiger partial charge on any atom is 0.238 e. The van der Waals surface area contributed by atoms with Crippen LogP contribution in [0.2, 0.25) is 5.02 Å². The summed E-state index contributed by atoms with van der Waals surface area (Å²) < 4.78 is 5.23. The molecule has 0 spiro atoms. The van der Waals surface area contributed by atoms with Crippen LogP contribution < -0.4 is 15.4 Å². The Balaban J connectivity index is 1.54. The number of nitrogens with zero attached hydrogens (tertiary/aromatic N) is 2. The van der Waals surface area contributed by atoms with E-state index in [-0.39, 0.29) is 24.9 Å². The Kier molecular flexibility index (Phi) is 7.62. The van der Waals surface area contributed by atoms with Crippen molar-refractivity contribution >= 4 is 46.1 Å². The summed E-state index contributed by atoms with van der Waals surface area (Å²) in [5, 5.41) is 9.07. The van der Waals surface area contributed by atoms with E-state index in [1.54, 1.807) is 41.5 Å². The van der Waals surface area contributed by atoms with Gasteiger partial charge in [0.05, 0.1) is 36.6 Å². The van der Waals surface area contributed by atoms with Crippen LogP contribution in [0.15, 0.2) is 47.8 Å². The second-order valence-electron chi connectivity index (χ2n) is 6.95. The highest BCUT2D eigenvalue weighted by molar-refractivity contribution is 7.09. The van der Waals surface area contributed by atoms with Gasteiger partial charge < -0.3 is 15.4 Å². The molecule has 2 amide bonds. The van der Waals surface area contributed by atoms with Crippen molar-refractivity contribution in [1.29, 1.82) is 0 Å². The fourth-order valence-corrected chi connectivity index (χ4v) is 3.76. The van der Waals surface area contributed by atoms with Crippen LogP contribution in [0, 0.1) is 6.92 Å². The Morgan fingerprint density at radius 2 is 1.87 bits per heavy atom. The van der Waals surface area contributed by atoms with Crippen molar-refractivity contribution in [2.24, 2.45) is 0 Å². The molecule has 1 aromatic heterocycles. The number of likely N-dealkylation sites (N-methyl/N-ethyl adjacent to an activating group) is 1. The van der Waals surface area contributed by atoms with Crippen molar-refractivity contribution in [3.05, 3.63) is 57.9 Å². The number of amides is 2. The summed E-state index contributed by atoms with van der Waals surface area (Å²) in [5.41, 5.74) is 2.97. The van der Waals surface area contributed by atoms with Gasteiger partial charge >= 0.3 is 0 Å². The summed E-state index contributed by atoms with van der Waals surface area (Å²) in [7, 11) is 3.21. The number of anilines is 2. The monoisotopic (exact) mass is 458 g/mol. The third-order valence-corrected chi connectivity index (χ3v) is 5.33. The van der Waals surface area contributed by atoms with E-state index in [4.69, 9.17) is 16.3 Å². The molecule has 0 saturated heterocycles. The molecule has 9 heteroatoms. The molecule has 0 radical (unpaired) electrons. The average Bonchev–Trinajstić information content (AvgIpc) is 3.14. The first-order valence-corrected chi connectivity index (χ1v) is 10.7. The Morgan fingerprint density at radius 1 is 1.13 bits per heavy atom. The van der Waals surface area contributed by atoms with Crippen LogP contribution in [-0.2, 0) is 9.59 Å². The SMILES string of the molecule is COc1ccc(Cl)cc1NC(=O)CN(C)CC(=O)Nc1cccc(-c2csc(C)n2)c1. The number of thiazole rings is 1. The van der Waals surface area contributed by atoms with E-state index in [1.807, 2.05) is 36.6 Å². The van der Waals surface area contributed by atoms with Crippen molar-refractivity contribution in [3.8, 4) is 17.0 Å². The summed E-state index contributed by atoms with van der Waals surface area (Å²) >= 11 is 7.57. The average molecular weight is 459 g/mol. The molecule has 0 aliphatic heterocycles. The first-order valence-electron chi connectivity index (χ1n) is 9.48. The molecule has 3 aromatic rings. The zero-order valence-electron chi connectivity index (χ0n) is 17.4. The highest BCUT2D eigenvalue weighted by atomic mass is 35.5. The van der Waals surface area contributed by atoms with E-state index in [1.165, 1.54) is 7.11 Å². The molecule has 2 aromatic carbocycles. The third-order valence-electron chi connectivity index (χ3n) is 4.32. The summed E-state index contributed by atoms with van der Waals surface area (Å²) in [6.07, 6.45) is 0. The van der Waals surface area contributed by atoms with Gasteiger partial charge in [0.1, 0.15) is 5.75 Å². The predicted octanol–water partition coefficient (Wildman–Crippen LogP) is 4.29. The van der Waals surface area contributed by atoms with E-state index < -0.39 is 0 Å². The maximum atomic E-state index is 12.4. The van der Waals surface area contributed by atoms with Crippen molar-refractivity contribution in [2.45, 2.75) is 6.92 Å². The second kappa shape index (κ2) is 10.4. The van der Waals surface area contributed by atoms with Gasteiger partial charge in [0.2, 0.25) is 11.8 Å². The fraction of sp³-hybridized carbons (Fsp3) is 0.227. The summed E-state index contributed by atoms with van der Waals surface area (Å²) in [6, 6.07) is 12.5. The highest BCUT2D eigenvalue weighted by Crippen LogP contribution is 2.27. The minimum atomic E-state index is -0.281. The number of ether oxygens (including phenoxy) is 1. The number of benzene rings is 2. The van der Waals surface area contributed by atoms with Crippen molar-refractivity contribution in [3.63, 3.8) is 0 Å². The van der Waals surface area contributed by atoms with Gasteiger partial charge in [-0.15, -0.1) is 11.3 Å². The molecule has 0 aliphatic carbocycles. The van der Waals surface area contributed by atoms with E-state index >= 15 is 0 Å². The molecule has 0 atom stereocenters. The Hall–Kier alpha value is -2.94. The molecule has 3 rings (SSSR count). The van der Waals surface area contributed by atoms with E-state index in [2.05, 4.69) is 15.6 Å². The lowest BCUT2D eigenvalue weighted by atomic mass is 10.1. The third kappa shape index (κ3) is 6.52. The first kappa shape index (κ1) is 22.7.